The highest BCUT2D eigenvalue weighted by Gasteiger charge is 2.60. The van der Waals surface area contributed by atoms with E-state index in [1.807, 2.05) is 11.9 Å². The normalized spacial score (nSPS) is 21.2. The Morgan fingerprint density at radius 2 is 2.08 bits per heavy atom. The lowest BCUT2D eigenvalue weighted by Crippen LogP contribution is -2.53. The molecule has 2 atom stereocenters. The molecule has 194 valence electrons. The van der Waals surface area contributed by atoms with E-state index in [9.17, 15) is 23.5 Å². The number of likely N-dealkylation sites (N-methyl/N-ethyl adjacent to an activating group) is 1. The van der Waals surface area contributed by atoms with E-state index in [1.54, 1.807) is 42.2 Å². The van der Waals surface area contributed by atoms with Gasteiger partial charge in [-0.25, -0.2) is 4.79 Å². The van der Waals surface area contributed by atoms with Crippen LogP contribution in [0.4, 0.5) is 13.6 Å². The highest BCUT2D eigenvalue weighted by atomic mass is 19.3. The van der Waals surface area contributed by atoms with E-state index in [2.05, 4.69) is 16.3 Å². The zero-order chi connectivity index (χ0) is 26.5. The number of carbonyl (C=O) groups excluding carboxylic acids is 2. The fraction of sp³-hybridized carbons (Fsp3) is 0.333. The molecule has 2 unspecified atom stereocenters. The highest BCUT2D eigenvalue weighted by Crippen LogP contribution is 2.49. The predicted octanol–water partition coefficient (Wildman–Crippen LogP) is 4.26. The number of phenolic OH excluding ortho intramolecular Hbond substituents is 1. The molecule has 5 rings (SSSR count). The molecule has 0 bridgehead atoms. The molecule has 8 nitrogen and oxygen atoms in total. The molecule has 1 aromatic heterocycles. The fourth-order valence-corrected chi connectivity index (χ4v) is 5.49. The summed E-state index contributed by atoms with van der Waals surface area (Å²) in [5, 5.41) is 10.9. The molecule has 1 fully saturated rings. The number of amides is 3. The van der Waals surface area contributed by atoms with Crippen molar-refractivity contribution in [2.45, 2.75) is 31.5 Å². The third kappa shape index (κ3) is 4.11. The first-order chi connectivity index (χ1) is 17.6. The van der Waals surface area contributed by atoms with Gasteiger partial charge < -0.3 is 19.7 Å². The lowest BCUT2D eigenvalue weighted by atomic mass is 9.81. The fourth-order valence-electron chi connectivity index (χ4n) is 5.49. The number of H-pyrrole nitrogens is 1. The van der Waals surface area contributed by atoms with Crippen LogP contribution >= 0.6 is 0 Å². The minimum Gasteiger partial charge on any atom is -0.508 e. The number of urea groups is 1. The number of rotatable bonds is 8. The van der Waals surface area contributed by atoms with Crippen molar-refractivity contribution in [1.29, 1.82) is 0 Å². The molecule has 2 aromatic carbocycles. The van der Waals surface area contributed by atoms with Gasteiger partial charge in [0.1, 0.15) is 23.1 Å². The molecule has 0 radical (unpaired) electrons. The Bertz CT molecular complexity index is 1390. The summed E-state index contributed by atoms with van der Waals surface area (Å²) in [6, 6.07) is 10.0. The van der Waals surface area contributed by atoms with E-state index in [4.69, 9.17) is 0 Å². The van der Waals surface area contributed by atoms with Crippen molar-refractivity contribution in [3.63, 3.8) is 0 Å². The number of halogens is 2. The lowest BCUT2D eigenvalue weighted by Gasteiger charge is -2.42. The SMILES string of the molecule is C=CCN(C)CCN1C(=O)N2C(c3cccc(O)c3)c3[nH]c4ccc(OC(F)F)cc4c3CC2(C)C1=O. The minimum absolute atomic E-state index is 0.00601. The molecule has 0 spiro atoms. The maximum atomic E-state index is 13.8. The number of alkyl halides is 2. The number of aromatic nitrogens is 1. The zero-order valence-electron chi connectivity index (χ0n) is 20.6. The second kappa shape index (κ2) is 9.19. The van der Waals surface area contributed by atoms with Crippen LogP contribution in [-0.2, 0) is 11.2 Å². The van der Waals surface area contributed by atoms with Crippen LogP contribution in [-0.4, -0.2) is 75.6 Å². The topological polar surface area (TPSA) is 89.1 Å². The third-order valence-corrected chi connectivity index (χ3v) is 7.20. The van der Waals surface area contributed by atoms with Crippen LogP contribution in [0, 0.1) is 0 Å². The number of ether oxygens (including phenoxy) is 1. The molecule has 0 aliphatic carbocycles. The first-order valence-electron chi connectivity index (χ1n) is 12.0. The van der Waals surface area contributed by atoms with E-state index in [1.165, 1.54) is 23.1 Å². The lowest BCUT2D eigenvalue weighted by molar-refractivity contribution is -0.133. The van der Waals surface area contributed by atoms with Gasteiger partial charge in [-0.3, -0.25) is 14.6 Å². The third-order valence-electron chi connectivity index (χ3n) is 7.20. The van der Waals surface area contributed by atoms with Crippen molar-refractivity contribution in [2.75, 3.05) is 26.7 Å². The number of nitrogens with one attached hydrogen (secondary N) is 1. The largest absolute Gasteiger partial charge is 0.508 e. The number of phenols is 1. The molecule has 2 aliphatic heterocycles. The average Bonchev–Trinajstić information content (AvgIpc) is 3.28. The Balaban J connectivity index is 1.64. The molecule has 3 aromatic rings. The van der Waals surface area contributed by atoms with Crippen LogP contribution < -0.4 is 4.74 Å². The molecular formula is C27H28F2N4O4. The van der Waals surface area contributed by atoms with E-state index in [0.29, 0.717) is 35.2 Å². The molecular weight excluding hydrogens is 482 g/mol. The second-order valence-corrected chi connectivity index (χ2v) is 9.71. The quantitative estimate of drug-likeness (QED) is 0.349. The molecule has 2 N–H and O–H groups in total. The monoisotopic (exact) mass is 510 g/mol. The van der Waals surface area contributed by atoms with Gasteiger partial charge >= 0.3 is 12.6 Å². The standard InChI is InChI=1S/C27H28F2N4O4/c1-4-10-31(3)11-12-32-24(35)27(2)15-20-19-14-18(37-25(28)29)8-9-21(19)30-22(20)23(33(27)26(32)36)16-6-5-7-17(34)13-16/h4-9,13-14,23,25,30,34H,1,10-12,15H2,2-3H3. The van der Waals surface area contributed by atoms with Crippen LogP contribution in [0.5, 0.6) is 11.5 Å². The van der Waals surface area contributed by atoms with Gasteiger partial charge in [0.05, 0.1) is 0 Å². The number of benzene rings is 2. The van der Waals surface area contributed by atoms with Gasteiger partial charge in [0, 0.05) is 42.7 Å². The van der Waals surface area contributed by atoms with Gasteiger partial charge in [0.2, 0.25) is 0 Å². The van der Waals surface area contributed by atoms with Crippen LogP contribution in [0.1, 0.15) is 29.8 Å². The summed E-state index contributed by atoms with van der Waals surface area (Å²) in [6.07, 6.45) is 1.94. The number of aromatic amines is 1. The van der Waals surface area contributed by atoms with Gasteiger partial charge in [-0.2, -0.15) is 8.78 Å². The number of imide groups is 1. The molecule has 2 aliphatic rings. The van der Waals surface area contributed by atoms with Crippen molar-refractivity contribution in [2.24, 2.45) is 0 Å². The van der Waals surface area contributed by atoms with Crippen LogP contribution in [0.2, 0.25) is 0 Å². The Morgan fingerprint density at radius 3 is 2.78 bits per heavy atom. The summed E-state index contributed by atoms with van der Waals surface area (Å²) in [6.45, 7) is 3.79. The highest BCUT2D eigenvalue weighted by molar-refractivity contribution is 6.08. The summed E-state index contributed by atoms with van der Waals surface area (Å²) < 4.78 is 30.4. The van der Waals surface area contributed by atoms with E-state index < -0.39 is 24.2 Å². The van der Waals surface area contributed by atoms with Gasteiger partial charge in [-0.15, -0.1) is 6.58 Å². The molecule has 1 saturated heterocycles. The molecule has 37 heavy (non-hydrogen) atoms. The molecule has 10 heteroatoms. The van der Waals surface area contributed by atoms with Crippen LogP contribution in [0.15, 0.2) is 55.1 Å². The Hall–Kier alpha value is -3.92. The number of aromatic hydroxyl groups is 1. The van der Waals surface area contributed by atoms with Crippen molar-refractivity contribution in [1.82, 2.24) is 19.7 Å². The minimum atomic E-state index is -2.97. The maximum Gasteiger partial charge on any atom is 0.387 e. The van der Waals surface area contributed by atoms with E-state index in [-0.39, 0.29) is 30.4 Å². The average molecular weight is 511 g/mol. The van der Waals surface area contributed by atoms with Gasteiger partial charge in [0.25, 0.3) is 5.91 Å². The van der Waals surface area contributed by atoms with Gasteiger partial charge in [-0.1, -0.05) is 18.2 Å². The summed E-state index contributed by atoms with van der Waals surface area (Å²) in [5.74, 6) is -0.294. The number of nitrogens with zero attached hydrogens (tertiary/aromatic N) is 3. The molecule has 3 amide bonds. The van der Waals surface area contributed by atoms with Crippen molar-refractivity contribution >= 4 is 22.8 Å². The summed E-state index contributed by atoms with van der Waals surface area (Å²) in [7, 11) is 1.88. The number of hydrogen-bond acceptors (Lipinski definition) is 5. The second-order valence-electron chi connectivity index (χ2n) is 9.71. The number of fused-ring (bicyclic) bond motifs is 4. The van der Waals surface area contributed by atoms with E-state index >= 15 is 0 Å². The molecule has 3 heterocycles. The number of hydrogen-bond donors (Lipinski definition) is 2. The van der Waals surface area contributed by atoms with Crippen molar-refractivity contribution in [3.8, 4) is 11.5 Å². The molecule has 0 saturated carbocycles. The van der Waals surface area contributed by atoms with Gasteiger partial charge in [0.15, 0.2) is 0 Å². The maximum absolute atomic E-state index is 13.8. The van der Waals surface area contributed by atoms with Crippen molar-refractivity contribution < 1.29 is 28.2 Å². The van der Waals surface area contributed by atoms with Crippen LogP contribution in [0.3, 0.4) is 0 Å². The summed E-state index contributed by atoms with van der Waals surface area (Å²) in [5.41, 5.74) is 1.48. The van der Waals surface area contributed by atoms with Crippen molar-refractivity contribution in [3.05, 3.63) is 71.9 Å². The summed E-state index contributed by atoms with van der Waals surface area (Å²) in [4.78, 5) is 35.8. The first-order valence-corrected chi connectivity index (χ1v) is 12.0. The van der Waals surface area contributed by atoms with E-state index in [0.717, 1.165) is 5.56 Å². The smallest absolute Gasteiger partial charge is 0.387 e. The Labute approximate surface area is 212 Å². The summed E-state index contributed by atoms with van der Waals surface area (Å²) >= 11 is 0. The number of carbonyl (C=O) groups is 2. The predicted molar refractivity (Wildman–Crippen MR) is 134 cm³/mol. The van der Waals surface area contributed by atoms with Crippen LogP contribution in [0.25, 0.3) is 10.9 Å². The first kappa shape index (κ1) is 24.8. The zero-order valence-corrected chi connectivity index (χ0v) is 20.6. The Kier molecular flexibility index (Phi) is 6.15. The Morgan fingerprint density at radius 1 is 1.30 bits per heavy atom. The van der Waals surface area contributed by atoms with Gasteiger partial charge in [-0.05, 0) is 55.4 Å².